The summed E-state index contributed by atoms with van der Waals surface area (Å²) in [5.41, 5.74) is -0.00435. The van der Waals surface area contributed by atoms with Crippen LogP contribution in [0, 0.1) is 18.8 Å². The van der Waals surface area contributed by atoms with Gasteiger partial charge in [0, 0.05) is 10.8 Å². The lowest BCUT2D eigenvalue weighted by molar-refractivity contribution is -0.135. The molecule has 1 saturated carbocycles. The Morgan fingerprint density at radius 3 is 2.40 bits per heavy atom. The number of aryl methyl sites for hydroxylation is 1. The number of nitrogens with zero attached hydrogens (tertiary/aromatic N) is 1. The second kappa shape index (κ2) is 7.76. The molecule has 0 unspecified atom stereocenters. The molecule has 8 heteroatoms. The topological polar surface area (TPSA) is 46.6 Å². The predicted molar refractivity (Wildman–Crippen MR) is 89.9 cm³/mol. The fourth-order valence-electron chi connectivity index (χ4n) is 3.13. The molecule has 1 aromatic rings. The summed E-state index contributed by atoms with van der Waals surface area (Å²) >= 11 is 1.03. The molecule has 0 spiro atoms. The van der Waals surface area contributed by atoms with E-state index in [0.29, 0.717) is 23.6 Å². The highest BCUT2D eigenvalue weighted by Crippen LogP contribution is 2.36. The number of amides is 1. The molecular weight excluding hydrogens is 355 g/mol. The molecule has 1 aliphatic carbocycles. The van der Waals surface area contributed by atoms with Gasteiger partial charge in [-0.3, -0.25) is 4.79 Å². The third-order valence-corrected chi connectivity index (χ3v) is 5.49. The van der Waals surface area contributed by atoms with Crippen molar-refractivity contribution in [3.8, 4) is 0 Å². The van der Waals surface area contributed by atoms with Crippen molar-refractivity contribution in [1.82, 2.24) is 0 Å². The molecule has 0 aliphatic heterocycles. The molecule has 25 heavy (non-hydrogen) atoms. The maximum absolute atomic E-state index is 13.1. The van der Waals surface area contributed by atoms with E-state index in [1.165, 1.54) is 13.2 Å². The molecule has 0 aromatic carbocycles. The molecule has 140 valence electrons. The van der Waals surface area contributed by atoms with E-state index in [0.717, 1.165) is 29.1 Å². The zero-order valence-electron chi connectivity index (χ0n) is 14.5. The molecule has 0 N–H and O–H groups in total. The number of alkyl halides is 3. The molecule has 0 saturated heterocycles. The summed E-state index contributed by atoms with van der Waals surface area (Å²) < 4.78 is 43.9. The zero-order valence-corrected chi connectivity index (χ0v) is 15.3. The quantitative estimate of drug-likeness (QED) is 0.723. The van der Waals surface area contributed by atoms with Crippen LogP contribution in [-0.2, 0) is 9.53 Å². The van der Waals surface area contributed by atoms with Crippen LogP contribution in [0.25, 0.3) is 0 Å². The summed E-state index contributed by atoms with van der Waals surface area (Å²) in [4.78, 5) is 26.2. The van der Waals surface area contributed by atoms with Gasteiger partial charge in [0.05, 0.1) is 12.8 Å². The van der Waals surface area contributed by atoms with E-state index in [2.05, 4.69) is 11.7 Å². The summed E-state index contributed by atoms with van der Waals surface area (Å²) in [6.45, 7) is 2.35. The first kappa shape index (κ1) is 19.8. The van der Waals surface area contributed by atoms with Crippen LogP contribution in [0.1, 0.15) is 47.2 Å². The molecular formula is C17H22F3NO3S. The summed E-state index contributed by atoms with van der Waals surface area (Å²) in [7, 11) is 1.17. The molecule has 1 fully saturated rings. The fourth-order valence-corrected chi connectivity index (χ4v) is 4.06. The second-order valence-electron chi connectivity index (χ2n) is 6.56. The highest BCUT2D eigenvalue weighted by Gasteiger charge is 2.39. The third kappa shape index (κ3) is 4.96. The average molecular weight is 377 g/mol. The van der Waals surface area contributed by atoms with Crippen molar-refractivity contribution >= 4 is 28.9 Å². The van der Waals surface area contributed by atoms with Crippen molar-refractivity contribution in [2.24, 2.45) is 11.8 Å². The normalized spacial score (nSPS) is 21.0. The molecule has 0 bridgehead atoms. The van der Waals surface area contributed by atoms with Crippen LogP contribution in [0.3, 0.4) is 0 Å². The Hall–Kier alpha value is -1.57. The third-order valence-electron chi connectivity index (χ3n) is 4.47. The average Bonchev–Trinajstić information content (AvgIpc) is 2.93. The van der Waals surface area contributed by atoms with Gasteiger partial charge in [-0.25, -0.2) is 4.79 Å². The SMILES string of the molecule is COC(=O)c1sc(C)cc1N(CC(F)(F)F)C(=O)C1CCC(C)CC1. The van der Waals surface area contributed by atoms with E-state index >= 15 is 0 Å². The van der Waals surface area contributed by atoms with Crippen LogP contribution in [-0.4, -0.2) is 31.7 Å². The smallest absolute Gasteiger partial charge is 0.406 e. The number of anilines is 1. The Morgan fingerprint density at radius 1 is 1.28 bits per heavy atom. The van der Waals surface area contributed by atoms with Gasteiger partial charge in [0.25, 0.3) is 0 Å². The second-order valence-corrected chi connectivity index (χ2v) is 7.82. The van der Waals surface area contributed by atoms with E-state index in [1.807, 2.05) is 0 Å². The van der Waals surface area contributed by atoms with Crippen LogP contribution in [0.4, 0.5) is 18.9 Å². The Balaban J connectivity index is 2.36. The number of methoxy groups -OCH3 is 1. The van der Waals surface area contributed by atoms with E-state index in [4.69, 9.17) is 0 Å². The lowest BCUT2D eigenvalue weighted by Gasteiger charge is -2.31. The summed E-state index contributed by atoms with van der Waals surface area (Å²) in [5, 5.41) is 0. The van der Waals surface area contributed by atoms with Crippen molar-refractivity contribution in [3.63, 3.8) is 0 Å². The Kier molecular flexibility index (Phi) is 6.13. The van der Waals surface area contributed by atoms with Gasteiger partial charge in [-0.05, 0) is 44.6 Å². The number of carbonyl (C=O) groups is 2. The van der Waals surface area contributed by atoms with Crippen molar-refractivity contribution in [2.75, 3.05) is 18.6 Å². The predicted octanol–water partition coefficient (Wildman–Crippen LogP) is 4.56. The molecule has 1 aromatic heterocycles. The Bertz CT molecular complexity index is 634. The van der Waals surface area contributed by atoms with E-state index in [1.54, 1.807) is 6.92 Å². The lowest BCUT2D eigenvalue weighted by atomic mass is 9.82. The Morgan fingerprint density at radius 2 is 1.88 bits per heavy atom. The van der Waals surface area contributed by atoms with Gasteiger partial charge in [-0.15, -0.1) is 11.3 Å². The molecule has 0 radical (unpaired) electrons. The highest BCUT2D eigenvalue weighted by atomic mass is 32.1. The molecule has 1 heterocycles. The first-order chi connectivity index (χ1) is 11.6. The number of thiophene rings is 1. The van der Waals surface area contributed by atoms with Gasteiger partial charge in [-0.2, -0.15) is 13.2 Å². The lowest BCUT2D eigenvalue weighted by Crippen LogP contribution is -2.43. The number of ether oxygens (including phenoxy) is 1. The van der Waals surface area contributed by atoms with E-state index < -0.39 is 30.5 Å². The zero-order chi connectivity index (χ0) is 18.8. The Labute approximate surface area is 149 Å². The van der Waals surface area contributed by atoms with Crippen molar-refractivity contribution in [2.45, 2.75) is 45.7 Å². The minimum atomic E-state index is -4.55. The highest BCUT2D eigenvalue weighted by molar-refractivity contribution is 7.14. The largest absolute Gasteiger partial charge is 0.465 e. The van der Waals surface area contributed by atoms with E-state index in [-0.39, 0.29) is 10.6 Å². The molecule has 0 atom stereocenters. The standard InChI is InChI=1S/C17H22F3NO3S/c1-10-4-6-12(7-5-10)15(22)21(9-17(18,19)20)13-8-11(2)25-14(13)16(23)24-3/h8,10,12H,4-7,9H2,1-3H3. The van der Waals surface area contributed by atoms with Crippen LogP contribution < -0.4 is 4.90 Å². The van der Waals surface area contributed by atoms with Gasteiger partial charge >= 0.3 is 12.1 Å². The van der Waals surface area contributed by atoms with Crippen LogP contribution in [0.5, 0.6) is 0 Å². The van der Waals surface area contributed by atoms with Gasteiger partial charge < -0.3 is 9.64 Å². The maximum Gasteiger partial charge on any atom is 0.406 e. The summed E-state index contributed by atoms with van der Waals surface area (Å²) in [5.74, 6) is -1.25. The number of carbonyl (C=O) groups excluding carboxylic acids is 2. The summed E-state index contributed by atoms with van der Waals surface area (Å²) in [6.07, 6.45) is -1.76. The number of hydrogen-bond acceptors (Lipinski definition) is 4. The van der Waals surface area contributed by atoms with Crippen LogP contribution in [0.15, 0.2) is 6.07 Å². The number of hydrogen-bond donors (Lipinski definition) is 0. The van der Waals surface area contributed by atoms with Gasteiger partial charge in [0.2, 0.25) is 5.91 Å². The molecule has 4 nitrogen and oxygen atoms in total. The first-order valence-corrected chi connectivity index (χ1v) is 9.01. The number of halogens is 3. The molecule has 1 aliphatic rings. The monoisotopic (exact) mass is 377 g/mol. The molecule has 2 rings (SSSR count). The summed E-state index contributed by atoms with van der Waals surface area (Å²) in [6, 6.07) is 1.45. The number of rotatable bonds is 4. The molecule has 1 amide bonds. The number of esters is 1. The van der Waals surface area contributed by atoms with Gasteiger partial charge in [0.1, 0.15) is 11.4 Å². The minimum absolute atomic E-state index is 0.00435. The van der Waals surface area contributed by atoms with Crippen LogP contribution >= 0.6 is 11.3 Å². The first-order valence-electron chi connectivity index (χ1n) is 8.19. The van der Waals surface area contributed by atoms with Crippen LogP contribution in [0.2, 0.25) is 0 Å². The maximum atomic E-state index is 13.1. The fraction of sp³-hybridized carbons (Fsp3) is 0.647. The van der Waals surface area contributed by atoms with Crippen molar-refractivity contribution in [1.29, 1.82) is 0 Å². The van der Waals surface area contributed by atoms with Crippen molar-refractivity contribution in [3.05, 3.63) is 15.8 Å². The van der Waals surface area contributed by atoms with Gasteiger partial charge in [-0.1, -0.05) is 6.92 Å². The van der Waals surface area contributed by atoms with Gasteiger partial charge in [0.15, 0.2) is 0 Å². The van der Waals surface area contributed by atoms with Crippen molar-refractivity contribution < 1.29 is 27.5 Å². The minimum Gasteiger partial charge on any atom is -0.465 e. The van der Waals surface area contributed by atoms with E-state index in [9.17, 15) is 22.8 Å².